The van der Waals surface area contributed by atoms with Crippen LogP contribution in [0, 0.1) is 11.6 Å². The Labute approximate surface area is 107 Å². The predicted octanol–water partition coefficient (Wildman–Crippen LogP) is 3.52. The molecule has 0 atom stereocenters. The van der Waals surface area contributed by atoms with Crippen LogP contribution in [0.5, 0.6) is 5.75 Å². The van der Waals surface area contributed by atoms with Crippen molar-refractivity contribution < 1.29 is 13.5 Å². The second kappa shape index (κ2) is 4.35. The summed E-state index contributed by atoms with van der Waals surface area (Å²) < 4.78 is 33.6. The molecular formula is C14H10F2N2O. The molecule has 0 spiro atoms. The van der Waals surface area contributed by atoms with Crippen molar-refractivity contribution in [3.8, 4) is 16.9 Å². The lowest BCUT2D eigenvalue weighted by molar-refractivity contribution is 0.416. The van der Waals surface area contributed by atoms with Crippen LogP contribution in [-0.4, -0.2) is 17.1 Å². The van der Waals surface area contributed by atoms with Crippen LogP contribution >= 0.6 is 0 Å². The van der Waals surface area contributed by atoms with E-state index in [1.54, 1.807) is 24.3 Å². The van der Waals surface area contributed by atoms with Crippen molar-refractivity contribution in [1.29, 1.82) is 0 Å². The minimum Gasteiger partial charge on any atom is -0.496 e. The zero-order valence-corrected chi connectivity index (χ0v) is 10.1. The number of halogens is 2. The number of H-pyrrole nitrogens is 1. The molecule has 0 unspecified atom stereocenters. The molecule has 3 nitrogen and oxygen atoms in total. The van der Waals surface area contributed by atoms with Crippen molar-refractivity contribution in [1.82, 2.24) is 9.97 Å². The van der Waals surface area contributed by atoms with Gasteiger partial charge in [0.05, 0.1) is 24.5 Å². The van der Waals surface area contributed by atoms with Gasteiger partial charge in [0.25, 0.3) is 0 Å². The number of aromatic nitrogens is 2. The Morgan fingerprint density at radius 1 is 1.21 bits per heavy atom. The van der Waals surface area contributed by atoms with E-state index < -0.39 is 11.6 Å². The summed E-state index contributed by atoms with van der Waals surface area (Å²) >= 11 is 0. The SMILES string of the molecule is COc1ccccc1-c1c(F)cc2[nH]cnc2c1F. The maximum absolute atomic E-state index is 14.4. The molecule has 0 bridgehead atoms. The molecule has 0 aliphatic carbocycles. The highest BCUT2D eigenvalue weighted by atomic mass is 19.1. The molecule has 96 valence electrons. The summed E-state index contributed by atoms with van der Waals surface area (Å²) in [6.07, 6.45) is 1.33. The van der Waals surface area contributed by atoms with Crippen LogP contribution in [0.3, 0.4) is 0 Å². The fourth-order valence-corrected chi connectivity index (χ4v) is 2.11. The Morgan fingerprint density at radius 3 is 2.79 bits per heavy atom. The van der Waals surface area contributed by atoms with Gasteiger partial charge in [-0.05, 0) is 6.07 Å². The van der Waals surface area contributed by atoms with E-state index in [9.17, 15) is 8.78 Å². The third-order valence-electron chi connectivity index (χ3n) is 2.98. The van der Waals surface area contributed by atoms with Crippen molar-refractivity contribution >= 4 is 11.0 Å². The summed E-state index contributed by atoms with van der Waals surface area (Å²) in [7, 11) is 1.46. The number of para-hydroxylation sites is 1. The van der Waals surface area contributed by atoms with Gasteiger partial charge in [-0.25, -0.2) is 13.8 Å². The summed E-state index contributed by atoms with van der Waals surface area (Å²) in [5, 5.41) is 0. The molecule has 3 rings (SSSR count). The second-order valence-corrected chi connectivity index (χ2v) is 4.05. The summed E-state index contributed by atoms with van der Waals surface area (Å²) in [6, 6.07) is 7.94. The van der Waals surface area contributed by atoms with E-state index in [1.165, 1.54) is 19.5 Å². The molecule has 3 aromatic rings. The summed E-state index contributed by atoms with van der Waals surface area (Å²) in [6.45, 7) is 0. The first-order valence-corrected chi connectivity index (χ1v) is 5.67. The summed E-state index contributed by atoms with van der Waals surface area (Å²) in [5.41, 5.74) is 0.679. The number of aromatic amines is 1. The van der Waals surface area contributed by atoms with Gasteiger partial charge in [-0.3, -0.25) is 0 Å². The molecule has 1 aromatic heterocycles. The maximum atomic E-state index is 14.4. The van der Waals surface area contributed by atoms with Gasteiger partial charge in [0.2, 0.25) is 0 Å². The fourth-order valence-electron chi connectivity index (χ4n) is 2.11. The monoisotopic (exact) mass is 260 g/mol. The van der Waals surface area contributed by atoms with E-state index in [1.807, 2.05) is 0 Å². The third kappa shape index (κ3) is 1.74. The molecule has 19 heavy (non-hydrogen) atoms. The first kappa shape index (κ1) is 11.6. The number of benzene rings is 2. The molecule has 5 heteroatoms. The van der Waals surface area contributed by atoms with Crippen molar-refractivity contribution in [2.75, 3.05) is 7.11 Å². The number of fused-ring (bicyclic) bond motifs is 1. The topological polar surface area (TPSA) is 37.9 Å². The number of hydrogen-bond acceptors (Lipinski definition) is 2. The van der Waals surface area contributed by atoms with Crippen LogP contribution in [0.15, 0.2) is 36.7 Å². The van der Waals surface area contributed by atoms with Crippen LogP contribution in [0.2, 0.25) is 0 Å². The molecule has 1 N–H and O–H groups in total. The molecule has 0 saturated heterocycles. The Hall–Kier alpha value is -2.43. The van der Waals surface area contributed by atoms with Gasteiger partial charge in [0, 0.05) is 11.6 Å². The molecule has 0 fully saturated rings. The van der Waals surface area contributed by atoms with Gasteiger partial charge in [-0.1, -0.05) is 18.2 Å². The molecule has 0 amide bonds. The van der Waals surface area contributed by atoms with Gasteiger partial charge in [0.1, 0.15) is 17.1 Å². The number of imidazole rings is 1. The Kier molecular flexibility index (Phi) is 2.67. The number of nitrogens with one attached hydrogen (secondary N) is 1. The van der Waals surface area contributed by atoms with E-state index in [0.717, 1.165) is 0 Å². The maximum Gasteiger partial charge on any atom is 0.161 e. The average Bonchev–Trinajstić information content (AvgIpc) is 2.87. The highest BCUT2D eigenvalue weighted by molar-refractivity contribution is 5.84. The predicted molar refractivity (Wildman–Crippen MR) is 68.0 cm³/mol. The lowest BCUT2D eigenvalue weighted by atomic mass is 10.0. The van der Waals surface area contributed by atoms with Crippen LogP contribution in [0.4, 0.5) is 8.78 Å². The van der Waals surface area contributed by atoms with Gasteiger partial charge in [-0.15, -0.1) is 0 Å². The summed E-state index contributed by atoms with van der Waals surface area (Å²) in [5.74, 6) is -0.935. The quantitative estimate of drug-likeness (QED) is 0.765. The zero-order valence-electron chi connectivity index (χ0n) is 10.1. The Morgan fingerprint density at radius 2 is 2.00 bits per heavy atom. The first-order valence-electron chi connectivity index (χ1n) is 5.67. The lowest BCUT2D eigenvalue weighted by Crippen LogP contribution is -1.95. The van der Waals surface area contributed by atoms with Crippen molar-refractivity contribution in [3.63, 3.8) is 0 Å². The van der Waals surface area contributed by atoms with Gasteiger partial charge < -0.3 is 9.72 Å². The van der Waals surface area contributed by atoms with E-state index in [2.05, 4.69) is 9.97 Å². The molecule has 0 aliphatic heterocycles. The molecule has 1 heterocycles. The molecule has 0 radical (unpaired) electrons. The minimum absolute atomic E-state index is 0.113. The molecule has 0 saturated carbocycles. The zero-order chi connectivity index (χ0) is 13.4. The number of methoxy groups -OCH3 is 1. The highest BCUT2D eigenvalue weighted by Crippen LogP contribution is 2.35. The van der Waals surface area contributed by atoms with Crippen LogP contribution in [0.25, 0.3) is 22.2 Å². The fraction of sp³-hybridized carbons (Fsp3) is 0.0714. The van der Waals surface area contributed by atoms with E-state index in [4.69, 9.17) is 4.74 Å². The standard InChI is InChI=1S/C14H10F2N2O/c1-19-11-5-3-2-4-8(11)12-9(15)6-10-14(13(12)16)18-7-17-10/h2-7H,1H3,(H,17,18). The first-order chi connectivity index (χ1) is 9.22. The normalized spacial score (nSPS) is 10.9. The number of nitrogens with zero attached hydrogens (tertiary/aromatic N) is 1. The molecule has 2 aromatic carbocycles. The van der Waals surface area contributed by atoms with E-state index in [-0.39, 0.29) is 11.1 Å². The number of ether oxygens (including phenoxy) is 1. The van der Waals surface area contributed by atoms with Crippen LogP contribution in [0.1, 0.15) is 0 Å². The largest absolute Gasteiger partial charge is 0.496 e. The third-order valence-corrected chi connectivity index (χ3v) is 2.98. The van der Waals surface area contributed by atoms with E-state index in [0.29, 0.717) is 16.8 Å². The average molecular weight is 260 g/mol. The van der Waals surface area contributed by atoms with Crippen molar-refractivity contribution in [2.45, 2.75) is 0 Å². The van der Waals surface area contributed by atoms with Crippen LogP contribution < -0.4 is 4.74 Å². The number of hydrogen-bond donors (Lipinski definition) is 1. The van der Waals surface area contributed by atoms with Crippen molar-refractivity contribution in [2.24, 2.45) is 0 Å². The van der Waals surface area contributed by atoms with Crippen LogP contribution in [-0.2, 0) is 0 Å². The molecular weight excluding hydrogens is 250 g/mol. The Balaban J connectivity index is 2.35. The van der Waals surface area contributed by atoms with Crippen molar-refractivity contribution in [3.05, 3.63) is 48.3 Å². The van der Waals surface area contributed by atoms with Gasteiger partial charge in [-0.2, -0.15) is 0 Å². The second-order valence-electron chi connectivity index (χ2n) is 4.05. The Bertz CT molecular complexity index is 752. The lowest BCUT2D eigenvalue weighted by Gasteiger charge is -2.10. The highest BCUT2D eigenvalue weighted by Gasteiger charge is 2.19. The minimum atomic E-state index is -0.694. The van der Waals surface area contributed by atoms with E-state index >= 15 is 0 Å². The summed E-state index contributed by atoms with van der Waals surface area (Å²) in [4.78, 5) is 6.55. The number of rotatable bonds is 2. The van der Waals surface area contributed by atoms with Gasteiger partial charge >= 0.3 is 0 Å². The smallest absolute Gasteiger partial charge is 0.161 e. The van der Waals surface area contributed by atoms with Gasteiger partial charge in [0.15, 0.2) is 5.82 Å². The molecule has 0 aliphatic rings.